The van der Waals surface area contributed by atoms with E-state index in [1.807, 2.05) is 18.2 Å². The molecule has 4 heteroatoms. The third-order valence-corrected chi connectivity index (χ3v) is 1.87. The van der Waals surface area contributed by atoms with Crippen LogP contribution in [0.3, 0.4) is 0 Å². The van der Waals surface area contributed by atoms with Crippen molar-refractivity contribution in [3.05, 3.63) is 28.5 Å². The summed E-state index contributed by atoms with van der Waals surface area (Å²) in [6.45, 7) is 4.90. The number of hydrazine groups is 1. The molecule has 0 unspecified atom stereocenters. The summed E-state index contributed by atoms with van der Waals surface area (Å²) in [6.07, 6.45) is 0. The lowest BCUT2D eigenvalue weighted by Crippen LogP contribution is -2.36. The maximum atomic E-state index is 4.28. The smallest absolute Gasteiger partial charge is 0.106 e. The van der Waals surface area contributed by atoms with Crippen molar-refractivity contribution in [1.29, 1.82) is 0 Å². The van der Waals surface area contributed by atoms with E-state index in [2.05, 4.69) is 45.6 Å². The molecule has 0 atom stereocenters. The van der Waals surface area contributed by atoms with Crippen molar-refractivity contribution in [2.24, 2.45) is 0 Å². The van der Waals surface area contributed by atoms with Crippen LogP contribution in [0.15, 0.2) is 22.8 Å². The van der Waals surface area contributed by atoms with E-state index in [1.165, 1.54) is 0 Å². The van der Waals surface area contributed by atoms with E-state index in [9.17, 15) is 0 Å². The molecule has 0 aliphatic carbocycles. The molecule has 1 rings (SSSR count). The Morgan fingerprint density at radius 2 is 2.23 bits per heavy atom. The maximum absolute atomic E-state index is 4.28. The number of hydrogen-bond donors (Lipinski definition) is 2. The molecule has 3 nitrogen and oxygen atoms in total. The van der Waals surface area contributed by atoms with Crippen LogP contribution in [0.5, 0.6) is 0 Å². The van der Waals surface area contributed by atoms with Gasteiger partial charge >= 0.3 is 0 Å². The fourth-order valence-corrected chi connectivity index (χ4v) is 1.27. The highest BCUT2D eigenvalue weighted by atomic mass is 79.9. The largest absolute Gasteiger partial charge is 0.255 e. The standard InChI is InChI=1S/C9H14BrN3/c1-7(2)13-11-6-8-4-3-5-9(10)12-8/h3-5,7,11,13H,6H2,1-2H3. The van der Waals surface area contributed by atoms with Gasteiger partial charge in [0, 0.05) is 6.04 Å². The Hall–Kier alpha value is -0.450. The van der Waals surface area contributed by atoms with Gasteiger partial charge in [0.05, 0.1) is 12.2 Å². The fraction of sp³-hybridized carbons (Fsp3) is 0.444. The fourth-order valence-electron chi connectivity index (χ4n) is 0.894. The number of rotatable bonds is 4. The summed E-state index contributed by atoms with van der Waals surface area (Å²) >= 11 is 3.32. The second kappa shape index (κ2) is 5.32. The molecule has 0 saturated carbocycles. The lowest BCUT2D eigenvalue weighted by molar-refractivity contribution is 0.467. The van der Waals surface area contributed by atoms with Crippen molar-refractivity contribution in [3.8, 4) is 0 Å². The summed E-state index contributed by atoms with van der Waals surface area (Å²) in [5.74, 6) is 0. The summed E-state index contributed by atoms with van der Waals surface area (Å²) in [5, 5.41) is 0. The third-order valence-electron chi connectivity index (χ3n) is 1.43. The average Bonchev–Trinajstić information content (AvgIpc) is 2.03. The number of halogens is 1. The molecule has 1 heterocycles. The van der Waals surface area contributed by atoms with Gasteiger partial charge in [-0.1, -0.05) is 6.07 Å². The van der Waals surface area contributed by atoms with Crippen molar-refractivity contribution in [2.75, 3.05) is 0 Å². The zero-order chi connectivity index (χ0) is 9.68. The van der Waals surface area contributed by atoms with Crippen molar-refractivity contribution in [2.45, 2.75) is 26.4 Å². The Kier molecular flexibility index (Phi) is 4.35. The third kappa shape index (κ3) is 4.36. The number of aromatic nitrogens is 1. The second-order valence-corrected chi connectivity index (χ2v) is 3.92. The minimum absolute atomic E-state index is 0.437. The molecule has 72 valence electrons. The predicted molar refractivity (Wildman–Crippen MR) is 57.0 cm³/mol. The van der Waals surface area contributed by atoms with E-state index >= 15 is 0 Å². The molecular formula is C9H14BrN3. The van der Waals surface area contributed by atoms with Crippen LogP contribution >= 0.6 is 15.9 Å². The molecule has 0 fully saturated rings. The predicted octanol–water partition coefficient (Wildman–Crippen LogP) is 1.85. The molecular weight excluding hydrogens is 230 g/mol. The van der Waals surface area contributed by atoms with Crippen LogP contribution in [-0.4, -0.2) is 11.0 Å². The van der Waals surface area contributed by atoms with E-state index < -0.39 is 0 Å². The summed E-state index contributed by atoms with van der Waals surface area (Å²) in [4.78, 5) is 4.28. The van der Waals surface area contributed by atoms with Crippen molar-refractivity contribution in [1.82, 2.24) is 15.8 Å². The Bertz CT molecular complexity index is 263. The van der Waals surface area contributed by atoms with Crippen LogP contribution in [0.25, 0.3) is 0 Å². The Balaban J connectivity index is 2.37. The molecule has 13 heavy (non-hydrogen) atoms. The Labute approximate surface area is 87.0 Å². The van der Waals surface area contributed by atoms with Gasteiger partial charge in [0.25, 0.3) is 0 Å². The first-order chi connectivity index (χ1) is 6.18. The van der Waals surface area contributed by atoms with Crippen LogP contribution in [0.2, 0.25) is 0 Å². The SMILES string of the molecule is CC(C)NNCc1cccc(Br)n1. The van der Waals surface area contributed by atoms with Crippen LogP contribution < -0.4 is 10.9 Å². The number of hydrogen-bond acceptors (Lipinski definition) is 3. The molecule has 0 amide bonds. The molecule has 2 N–H and O–H groups in total. The first-order valence-corrected chi connectivity index (χ1v) is 5.07. The highest BCUT2D eigenvalue weighted by Gasteiger charge is 1.95. The molecule has 1 aromatic rings. The minimum Gasteiger partial charge on any atom is -0.255 e. The monoisotopic (exact) mass is 243 g/mol. The normalized spacial score (nSPS) is 10.8. The molecule has 0 aromatic carbocycles. The van der Waals surface area contributed by atoms with Crippen molar-refractivity contribution in [3.63, 3.8) is 0 Å². The zero-order valence-corrected chi connectivity index (χ0v) is 9.43. The number of nitrogens with zero attached hydrogens (tertiary/aromatic N) is 1. The number of nitrogens with one attached hydrogen (secondary N) is 2. The average molecular weight is 244 g/mol. The van der Waals surface area contributed by atoms with Gasteiger partial charge < -0.3 is 0 Å². The summed E-state index contributed by atoms with van der Waals surface area (Å²) in [5.41, 5.74) is 7.22. The zero-order valence-electron chi connectivity index (χ0n) is 7.84. The van der Waals surface area contributed by atoms with Gasteiger partial charge in [-0.3, -0.25) is 10.9 Å². The van der Waals surface area contributed by atoms with Crippen molar-refractivity contribution >= 4 is 15.9 Å². The topological polar surface area (TPSA) is 37.0 Å². The summed E-state index contributed by atoms with van der Waals surface area (Å²) < 4.78 is 0.872. The quantitative estimate of drug-likeness (QED) is 0.627. The molecule has 0 bridgehead atoms. The Morgan fingerprint density at radius 1 is 1.46 bits per heavy atom. The van der Waals surface area contributed by atoms with E-state index in [1.54, 1.807) is 0 Å². The highest BCUT2D eigenvalue weighted by Crippen LogP contribution is 2.05. The van der Waals surface area contributed by atoms with Gasteiger partial charge in [-0.2, -0.15) is 0 Å². The Morgan fingerprint density at radius 3 is 2.85 bits per heavy atom. The van der Waals surface area contributed by atoms with Crippen LogP contribution in [0.4, 0.5) is 0 Å². The van der Waals surface area contributed by atoms with Crippen LogP contribution in [-0.2, 0) is 6.54 Å². The van der Waals surface area contributed by atoms with Gasteiger partial charge in [0.15, 0.2) is 0 Å². The van der Waals surface area contributed by atoms with Gasteiger partial charge in [-0.25, -0.2) is 4.98 Å². The molecule has 1 aromatic heterocycles. The summed E-state index contributed by atoms with van der Waals surface area (Å²) in [6, 6.07) is 6.31. The highest BCUT2D eigenvalue weighted by molar-refractivity contribution is 9.10. The molecule has 0 spiro atoms. The van der Waals surface area contributed by atoms with E-state index in [0.717, 1.165) is 16.8 Å². The number of pyridine rings is 1. The first-order valence-electron chi connectivity index (χ1n) is 4.28. The molecule has 0 aliphatic heterocycles. The van der Waals surface area contributed by atoms with Gasteiger partial charge in [-0.05, 0) is 41.9 Å². The second-order valence-electron chi connectivity index (χ2n) is 3.10. The maximum Gasteiger partial charge on any atom is 0.106 e. The minimum atomic E-state index is 0.437. The first kappa shape index (κ1) is 10.6. The van der Waals surface area contributed by atoms with Gasteiger partial charge in [-0.15, -0.1) is 0 Å². The van der Waals surface area contributed by atoms with E-state index in [0.29, 0.717) is 6.04 Å². The van der Waals surface area contributed by atoms with Crippen molar-refractivity contribution < 1.29 is 0 Å². The van der Waals surface area contributed by atoms with Crippen LogP contribution in [0.1, 0.15) is 19.5 Å². The summed E-state index contributed by atoms with van der Waals surface area (Å²) in [7, 11) is 0. The molecule has 0 saturated heterocycles. The van der Waals surface area contributed by atoms with Gasteiger partial charge in [0.1, 0.15) is 4.60 Å². The van der Waals surface area contributed by atoms with E-state index in [4.69, 9.17) is 0 Å². The molecule has 0 radical (unpaired) electrons. The van der Waals surface area contributed by atoms with Gasteiger partial charge in [0.2, 0.25) is 0 Å². The lowest BCUT2D eigenvalue weighted by Gasteiger charge is -2.09. The van der Waals surface area contributed by atoms with Crippen LogP contribution in [0, 0.1) is 0 Å². The molecule has 0 aliphatic rings. The lowest BCUT2D eigenvalue weighted by atomic mass is 10.3. The van der Waals surface area contributed by atoms with E-state index in [-0.39, 0.29) is 0 Å².